The first-order chi connectivity index (χ1) is 9.06. The fraction of sp³-hybridized carbons (Fsp3) is 0.250. The molecular formula is C12H13BrN4O2. The van der Waals surface area contributed by atoms with Gasteiger partial charge in [0.05, 0.1) is 13.1 Å². The normalized spacial score (nSPS) is 10.6. The second kappa shape index (κ2) is 5.94. The lowest BCUT2D eigenvalue weighted by Crippen LogP contribution is -2.28. The van der Waals surface area contributed by atoms with E-state index < -0.39 is 5.91 Å². The van der Waals surface area contributed by atoms with Gasteiger partial charge in [-0.3, -0.25) is 10.1 Å². The van der Waals surface area contributed by atoms with Crippen molar-refractivity contribution in [1.82, 2.24) is 15.5 Å². The number of aryl methyl sites for hydroxylation is 1. The number of carbonyl (C=O) groups is 1. The minimum atomic E-state index is -0.429. The quantitative estimate of drug-likeness (QED) is 0.866. The van der Waals surface area contributed by atoms with Crippen molar-refractivity contribution >= 4 is 21.8 Å². The fourth-order valence-corrected chi connectivity index (χ4v) is 1.85. The van der Waals surface area contributed by atoms with Gasteiger partial charge in [-0.2, -0.15) is 4.98 Å². The minimum absolute atomic E-state index is 0.0772. The summed E-state index contributed by atoms with van der Waals surface area (Å²) in [5.41, 5.74) is 7.01. The molecule has 1 aromatic heterocycles. The summed E-state index contributed by atoms with van der Waals surface area (Å²) in [5, 5.41) is 6.70. The Morgan fingerprint density at radius 3 is 3.00 bits per heavy atom. The third kappa shape index (κ3) is 3.62. The van der Waals surface area contributed by atoms with Crippen molar-refractivity contribution in [1.29, 1.82) is 0 Å². The van der Waals surface area contributed by atoms with Crippen molar-refractivity contribution in [2.75, 3.05) is 6.54 Å². The van der Waals surface area contributed by atoms with Gasteiger partial charge in [0.25, 0.3) is 0 Å². The van der Waals surface area contributed by atoms with Gasteiger partial charge in [0.15, 0.2) is 0 Å². The number of nitrogens with one attached hydrogen (secondary N) is 1. The molecule has 0 saturated carbocycles. The Morgan fingerprint density at radius 2 is 2.32 bits per heavy atom. The molecule has 3 N–H and O–H groups in total. The van der Waals surface area contributed by atoms with E-state index in [0.29, 0.717) is 18.3 Å². The summed E-state index contributed by atoms with van der Waals surface area (Å²) in [4.78, 5) is 14.8. The zero-order chi connectivity index (χ0) is 13.8. The molecule has 100 valence electrons. The first-order valence-corrected chi connectivity index (χ1v) is 6.43. The molecule has 0 radical (unpaired) electrons. The van der Waals surface area contributed by atoms with Gasteiger partial charge in [-0.25, -0.2) is 0 Å². The van der Waals surface area contributed by atoms with E-state index in [4.69, 9.17) is 10.3 Å². The average Bonchev–Trinajstić information content (AvgIpc) is 2.81. The Bertz CT molecular complexity index is 597. The molecule has 6 nitrogen and oxygen atoms in total. The number of halogens is 1. The molecule has 0 fully saturated rings. The topological polar surface area (TPSA) is 94.0 Å². The second-order valence-electron chi connectivity index (χ2n) is 4.05. The van der Waals surface area contributed by atoms with Gasteiger partial charge in [-0.1, -0.05) is 33.2 Å². The lowest BCUT2D eigenvalue weighted by Gasteiger charge is -1.99. The van der Waals surface area contributed by atoms with Crippen molar-refractivity contribution in [3.05, 3.63) is 34.1 Å². The van der Waals surface area contributed by atoms with Crippen LogP contribution in [0.15, 0.2) is 27.2 Å². The first-order valence-electron chi connectivity index (χ1n) is 5.64. The van der Waals surface area contributed by atoms with Crippen molar-refractivity contribution < 1.29 is 9.32 Å². The van der Waals surface area contributed by atoms with Crippen LogP contribution in [0.4, 0.5) is 0 Å². The van der Waals surface area contributed by atoms with Gasteiger partial charge < -0.3 is 10.3 Å². The highest BCUT2D eigenvalue weighted by atomic mass is 79.9. The van der Waals surface area contributed by atoms with Crippen LogP contribution in [0, 0.1) is 6.92 Å². The van der Waals surface area contributed by atoms with Crippen molar-refractivity contribution in [3.8, 4) is 11.4 Å². The van der Waals surface area contributed by atoms with E-state index in [2.05, 4.69) is 31.4 Å². The van der Waals surface area contributed by atoms with E-state index in [1.165, 1.54) is 0 Å². The molecule has 0 atom stereocenters. The van der Waals surface area contributed by atoms with Crippen molar-refractivity contribution in [2.45, 2.75) is 13.5 Å². The number of rotatable bonds is 5. The Hall–Kier alpha value is -1.73. The van der Waals surface area contributed by atoms with Crippen LogP contribution in [0.2, 0.25) is 0 Å². The molecule has 0 spiro atoms. The number of primary amides is 1. The molecule has 0 saturated heterocycles. The first kappa shape index (κ1) is 13.7. The maximum absolute atomic E-state index is 10.6. The lowest BCUT2D eigenvalue weighted by molar-refractivity contribution is -0.117. The molecular weight excluding hydrogens is 312 g/mol. The zero-order valence-electron chi connectivity index (χ0n) is 10.3. The number of carbonyl (C=O) groups excluding carboxylic acids is 1. The Balaban J connectivity index is 2.07. The summed E-state index contributed by atoms with van der Waals surface area (Å²) >= 11 is 3.46. The van der Waals surface area contributed by atoms with Crippen LogP contribution in [0.1, 0.15) is 11.5 Å². The van der Waals surface area contributed by atoms with Gasteiger partial charge in [0, 0.05) is 10.0 Å². The standard InChI is InChI=1S/C12H13BrN4O2/c1-7-2-3-8(4-9(7)13)12-16-11(19-17-12)6-15-5-10(14)18/h2-4,15H,5-6H2,1H3,(H2,14,18). The zero-order valence-corrected chi connectivity index (χ0v) is 11.9. The predicted molar refractivity (Wildman–Crippen MR) is 73.1 cm³/mol. The van der Waals surface area contributed by atoms with E-state index >= 15 is 0 Å². The van der Waals surface area contributed by atoms with Gasteiger partial charge in [0.1, 0.15) is 0 Å². The number of benzene rings is 1. The third-order valence-electron chi connectivity index (χ3n) is 2.47. The largest absolute Gasteiger partial charge is 0.369 e. The molecule has 2 aromatic rings. The third-order valence-corrected chi connectivity index (χ3v) is 3.33. The minimum Gasteiger partial charge on any atom is -0.369 e. The second-order valence-corrected chi connectivity index (χ2v) is 4.90. The van der Waals surface area contributed by atoms with Gasteiger partial charge in [-0.05, 0) is 18.6 Å². The van der Waals surface area contributed by atoms with Crippen molar-refractivity contribution in [3.63, 3.8) is 0 Å². The predicted octanol–water partition coefficient (Wildman–Crippen LogP) is 1.38. The van der Waals surface area contributed by atoms with E-state index in [0.717, 1.165) is 15.6 Å². The maximum atomic E-state index is 10.6. The molecule has 0 aliphatic rings. The maximum Gasteiger partial charge on any atom is 0.240 e. The smallest absolute Gasteiger partial charge is 0.240 e. The molecule has 1 aromatic carbocycles. The van der Waals surface area contributed by atoms with Crippen LogP contribution in [-0.2, 0) is 11.3 Å². The number of amides is 1. The molecule has 0 unspecified atom stereocenters. The summed E-state index contributed by atoms with van der Waals surface area (Å²) in [5.74, 6) is 0.492. The summed E-state index contributed by atoms with van der Waals surface area (Å²) < 4.78 is 6.07. The lowest BCUT2D eigenvalue weighted by atomic mass is 10.1. The number of hydrogen-bond acceptors (Lipinski definition) is 5. The number of nitrogens with two attached hydrogens (primary N) is 1. The van der Waals surface area contributed by atoms with Crippen LogP contribution in [0.25, 0.3) is 11.4 Å². The Morgan fingerprint density at radius 1 is 1.53 bits per heavy atom. The van der Waals surface area contributed by atoms with Gasteiger partial charge in [0.2, 0.25) is 17.6 Å². The monoisotopic (exact) mass is 324 g/mol. The SMILES string of the molecule is Cc1ccc(-c2noc(CNCC(N)=O)n2)cc1Br. The van der Waals surface area contributed by atoms with Gasteiger partial charge in [-0.15, -0.1) is 0 Å². The molecule has 2 rings (SSSR count). The molecule has 7 heteroatoms. The van der Waals surface area contributed by atoms with Crippen LogP contribution < -0.4 is 11.1 Å². The van der Waals surface area contributed by atoms with E-state index in [1.54, 1.807) is 0 Å². The highest BCUT2D eigenvalue weighted by Gasteiger charge is 2.09. The van der Waals surface area contributed by atoms with Crippen LogP contribution >= 0.6 is 15.9 Å². The highest BCUT2D eigenvalue weighted by Crippen LogP contribution is 2.23. The van der Waals surface area contributed by atoms with Crippen molar-refractivity contribution in [2.24, 2.45) is 5.73 Å². The summed E-state index contributed by atoms with van der Waals surface area (Å²) in [6.07, 6.45) is 0. The summed E-state index contributed by atoms with van der Waals surface area (Å²) in [6.45, 7) is 2.39. The van der Waals surface area contributed by atoms with Gasteiger partial charge >= 0.3 is 0 Å². The molecule has 19 heavy (non-hydrogen) atoms. The molecule has 0 aliphatic heterocycles. The highest BCUT2D eigenvalue weighted by molar-refractivity contribution is 9.10. The summed E-state index contributed by atoms with van der Waals surface area (Å²) in [7, 11) is 0. The van der Waals surface area contributed by atoms with Crippen LogP contribution in [0.5, 0.6) is 0 Å². The Kier molecular flexibility index (Phi) is 4.28. The molecule has 1 heterocycles. The van der Waals surface area contributed by atoms with E-state index in [1.807, 2.05) is 25.1 Å². The number of aromatic nitrogens is 2. The molecule has 0 bridgehead atoms. The molecule has 1 amide bonds. The Labute approximate surface area is 118 Å². The average molecular weight is 325 g/mol. The van der Waals surface area contributed by atoms with E-state index in [-0.39, 0.29) is 6.54 Å². The fourth-order valence-electron chi connectivity index (χ4n) is 1.47. The van der Waals surface area contributed by atoms with E-state index in [9.17, 15) is 4.79 Å². The van der Waals surface area contributed by atoms with Crippen LogP contribution in [-0.4, -0.2) is 22.6 Å². The number of nitrogens with zero attached hydrogens (tertiary/aromatic N) is 2. The van der Waals surface area contributed by atoms with Crippen LogP contribution in [0.3, 0.4) is 0 Å². The summed E-state index contributed by atoms with van der Waals surface area (Å²) in [6, 6.07) is 5.83. The number of hydrogen-bond donors (Lipinski definition) is 2. The molecule has 0 aliphatic carbocycles.